The average Bonchev–Trinajstić information content (AvgIpc) is 2.45. The largest absolute Gasteiger partial charge is 0.397 e. The molecule has 0 spiro atoms. The first-order chi connectivity index (χ1) is 7.59. The Hall–Kier alpha value is -0.750. The van der Waals surface area contributed by atoms with E-state index < -0.39 is 38.2 Å². The van der Waals surface area contributed by atoms with Gasteiger partial charge >= 0.3 is 10.4 Å². The van der Waals surface area contributed by atoms with Gasteiger partial charge in [0.25, 0.3) is 0 Å². The number of amides is 1. The number of primary sulfonamides is 1. The van der Waals surface area contributed by atoms with Gasteiger partial charge in [0.15, 0.2) is 0 Å². The van der Waals surface area contributed by atoms with Crippen LogP contribution in [-0.4, -0.2) is 57.1 Å². The Labute approximate surface area is 98.5 Å². The molecule has 0 bridgehead atoms. The van der Waals surface area contributed by atoms with Gasteiger partial charge in [0.05, 0.1) is 6.61 Å². The minimum atomic E-state index is -4.56. The normalized spacial score (nSPS) is 22.1. The van der Waals surface area contributed by atoms with Crippen LogP contribution < -0.4 is 5.14 Å². The Bertz CT molecular complexity index is 496. The molecule has 1 saturated heterocycles. The second kappa shape index (κ2) is 4.86. The summed E-state index contributed by atoms with van der Waals surface area (Å²) in [6.07, 6.45) is -0.231. The summed E-state index contributed by atoms with van der Waals surface area (Å²) in [5.74, 6) is -0.456. The minimum absolute atomic E-state index is 0.105. The predicted molar refractivity (Wildman–Crippen MR) is 55.6 cm³/mol. The summed E-state index contributed by atoms with van der Waals surface area (Å²) in [7, 11) is -8.35. The molecule has 0 aromatic rings. The molecule has 1 rings (SSSR count). The van der Waals surface area contributed by atoms with Crippen molar-refractivity contribution >= 4 is 26.3 Å². The van der Waals surface area contributed by atoms with Crippen molar-refractivity contribution in [1.29, 1.82) is 0 Å². The third-order valence-corrected chi connectivity index (χ3v) is 3.95. The standard InChI is InChI=1S/C6H12N2O7S2/c7-16(10,11)5-3-6(9)8(4-5)1-2-15-17(12,13)14/h5H,1-4H2,(H2,7,10,11)(H,12,13,14). The number of hydrogen-bond donors (Lipinski definition) is 2. The molecule has 1 aliphatic heterocycles. The number of nitrogens with two attached hydrogens (primary N) is 1. The second-order valence-electron chi connectivity index (χ2n) is 3.50. The molecular weight excluding hydrogens is 276 g/mol. The summed E-state index contributed by atoms with van der Waals surface area (Å²) < 4.78 is 54.7. The molecule has 9 nitrogen and oxygen atoms in total. The molecule has 0 saturated carbocycles. The van der Waals surface area contributed by atoms with Gasteiger partial charge in [-0.15, -0.1) is 0 Å². The maximum atomic E-state index is 11.3. The predicted octanol–water partition coefficient (Wildman–Crippen LogP) is -2.30. The molecule has 100 valence electrons. The zero-order valence-corrected chi connectivity index (χ0v) is 10.3. The van der Waals surface area contributed by atoms with Crippen LogP contribution >= 0.6 is 0 Å². The fourth-order valence-electron chi connectivity index (χ4n) is 1.42. The number of carbonyl (C=O) groups is 1. The van der Waals surface area contributed by atoms with Gasteiger partial charge in [-0.2, -0.15) is 8.42 Å². The molecular formula is C6H12N2O7S2. The quantitative estimate of drug-likeness (QED) is 0.541. The van der Waals surface area contributed by atoms with Gasteiger partial charge in [0.1, 0.15) is 5.25 Å². The van der Waals surface area contributed by atoms with Crippen LogP contribution in [-0.2, 0) is 29.4 Å². The number of rotatable bonds is 5. The Morgan fingerprint density at radius 2 is 2.00 bits per heavy atom. The first kappa shape index (κ1) is 14.3. The van der Waals surface area contributed by atoms with E-state index in [-0.39, 0.29) is 19.5 Å². The van der Waals surface area contributed by atoms with Crippen molar-refractivity contribution in [1.82, 2.24) is 4.90 Å². The van der Waals surface area contributed by atoms with Crippen LogP contribution in [0, 0.1) is 0 Å². The van der Waals surface area contributed by atoms with Crippen LogP contribution in [0.2, 0.25) is 0 Å². The summed E-state index contributed by atoms with van der Waals surface area (Å²) in [6.45, 7) is -0.681. The molecule has 0 aliphatic carbocycles. The third kappa shape index (κ3) is 4.55. The molecule has 3 N–H and O–H groups in total. The highest BCUT2D eigenvalue weighted by Crippen LogP contribution is 2.15. The maximum Gasteiger partial charge on any atom is 0.397 e. The Morgan fingerprint density at radius 3 is 2.41 bits per heavy atom. The van der Waals surface area contributed by atoms with E-state index in [2.05, 4.69) is 4.18 Å². The Kier molecular flexibility index (Phi) is 4.09. The summed E-state index contributed by atoms with van der Waals surface area (Å²) in [5.41, 5.74) is 0. The number of hydrogen-bond acceptors (Lipinski definition) is 6. The second-order valence-corrected chi connectivity index (χ2v) is 6.44. The third-order valence-electron chi connectivity index (χ3n) is 2.24. The lowest BCUT2D eigenvalue weighted by Crippen LogP contribution is -2.34. The van der Waals surface area contributed by atoms with Crippen molar-refractivity contribution < 1.29 is 30.4 Å². The van der Waals surface area contributed by atoms with Gasteiger partial charge in [-0.25, -0.2) is 17.7 Å². The van der Waals surface area contributed by atoms with E-state index in [1.54, 1.807) is 0 Å². The van der Waals surface area contributed by atoms with Crippen LogP contribution in [0.1, 0.15) is 6.42 Å². The van der Waals surface area contributed by atoms with E-state index in [0.717, 1.165) is 4.90 Å². The molecule has 1 atom stereocenters. The lowest BCUT2D eigenvalue weighted by molar-refractivity contribution is -0.128. The van der Waals surface area contributed by atoms with E-state index in [1.165, 1.54) is 0 Å². The van der Waals surface area contributed by atoms with E-state index in [0.29, 0.717) is 0 Å². The topological polar surface area (TPSA) is 144 Å². The zero-order valence-electron chi connectivity index (χ0n) is 8.64. The van der Waals surface area contributed by atoms with Crippen LogP contribution in [0.5, 0.6) is 0 Å². The number of sulfonamides is 1. The molecule has 0 aromatic carbocycles. The van der Waals surface area contributed by atoms with Crippen molar-refractivity contribution in [3.63, 3.8) is 0 Å². The fourth-order valence-corrected chi connectivity index (χ4v) is 2.47. The van der Waals surface area contributed by atoms with Crippen LogP contribution in [0.3, 0.4) is 0 Å². The highest BCUT2D eigenvalue weighted by molar-refractivity contribution is 7.89. The van der Waals surface area contributed by atoms with Gasteiger partial charge in [0.2, 0.25) is 15.9 Å². The molecule has 1 fully saturated rings. The summed E-state index contributed by atoms with van der Waals surface area (Å²) >= 11 is 0. The van der Waals surface area contributed by atoms with E-state index >= 15 is 0 Å². The highest BCUT2D eigenvalue weighted by atomic mass is 32.3. The molecule has 1 amide bonds. The smallest absolute Gasteiger partial charge is 0.339 e. The van der Waals surface area contributed by atoms with Crippen molar-refractivity contribution in [3.05, 3.63) is 0 Å². The van der Waals surface area contributed by atoms with Crippen LogP contribution in [0.4, 0.5) is 0 Å². The molecule has 0 radical (unpaired) electrons. The Morgan fingerprint density at radius 1 is 1.41 bits per heavy atom. The van der Waals surface area contributed by atoms with Gasteiger partial charge in [-0.05, 0) is 0 Å². The molecule has 1 unspecified atom stereocenters. The average molecular weight is 288 g/mol. The van der Waals surface area contributed by atoms with Crippen LogP contribution in [0.25, 0.3) is 0 Å². The number of carbonyl (C=O) groups excluding carboxylic acids is 1. The van der Waals surface area contributed by atoms with Crippen LogP contribution in [0.15, 0.2) is 0 Å². The van der Waals surface area contributed by atoms with Crippen molar-refractivity contribution in [2.75, 3.05) is 19.7 Å². The van der Waals surface area contributed by atoms with Gasteiger partial charge in [-0.1, -0.05) is 0 Å². The zero-order chi connectivity index (χ0) is 13.3. The first-order valence-corrected chi connectivity index (χ1v) is 7.48. The molecule has 1 aliphatic rings. The highest BCUT2D eigenvalue weighted by Gasteiger charge is 2.36. The molecule has 17 heavy (non-hydrogen) atoms. The van der Waals surface area contributed by atoms with E-state index in [4.69, 9.17) is 9.69 Å². The van der Waals surface area contributed by atoms with Gasteiger partial charge in [-0.3, -0.25) is 9.35 Å². The molecule has 0 aromatic heterocycles. The van der Waals surface area contributed by atoms with Gasteiger partial charge < -0.3 is 4.90 Å². The molecule has 11 heteroatoms. The lowest BCUT2D eigenvalue weighted by atomic mass is 10.4. The minimum Gasteiger partial charge on any atom is -0.339 e. The fraction of sp³-hybridized carbons (Fsp3) is 0.833. The van der Waals surface area contributed by atoms with Crippen molar-refractivity contribution in [3.8, 4) is 0 Å². The lowest BCUT2D eigenvalue weighted by Gasteiger charge is -2.15. The monoisotopic (exact) mass is 288 g/mol. The van der Waals surface area contributed by atoms with Gasteiger partial charge in [0, 0.05) is 19.5 Å². The Balaban J connectivity index is 2.50. The van der Waals surface area contributed by atoms with E-state index in [9.17, 15) is 21.6 Å². The maximum absolute atomic E-state index is 11.3. The first-order valence-electron chi connectivity index (χ1n) is 4.51. The summed E-state index contributed by atoms with van der Waals surface area (Å²) in [6, 6.07) is 0. The van der Waals surface area contributed by atoms with E-state index in [1.807, 2.05) is 0 Å². The SMILES string of the molecule is NS(=O)(=O)C1CC(=O)N(CCOS(=O)(=O)O)C1. The number of likely N-dealkylation sites (tertiary alicyclic amines) is 1. The summed E-state index contributed by atoms with van der Waals surface area (Å²) in [4.78, 5) is 12.4. The van der Waals surface area contributed by atoms with Crippen molar-refractivity contribution in [2.45, 2.75) is 11.7 Å². The molecule has 1 heterocycles. The number of nitrogens with zero attached hydrogens (tertiary/aromatic N) is 1. The summed E-state index contributed by atoms with van der Waals surface area (Å²) in [5, 5.41) is 3.90. The van der Waals surface area contributed by atoms with Crippen molar-refractivity contribution in [2.24, 2.45) is 5.14 Å².